The van der Waals surface area contributed by atoms with E-state index < -0.39 is 0 Å². The van der Waals surface area contributed by atoms with E-state index in [2.05, 4.69) is 4.90 Å². The maximum Gasteiger partial charge on any atom is 0.410 e. The third-order valence-corrected chi connectivity index (χ3v) is 3.97. The second-order valence-electron chi connectivity index (χ2n) is 5.75. The van der Waals surface area contributed by atoms with E-state index in [1.54, 1.807) is 0 Å². The van der Waals surface area contributed by atoms with Gasteiger partial charge in [0.2, 0.25) is 0 Å². The van der Waals surface area contributed by atoms with Crippen molar-refractivity contribution >= 4 is 6.09 Å². The molecule has 0 aromatic carbocycles. The van der Waals surface area contributed by atoms with Crippen LogP contribution in [0.15, 0.2) is 0 Å². The minimum atomic E-state index is -0.137. The number of ether oxygens (including phenoxy) is 1. The Labute approximate surface area is 110 Å². The molecule has 0 aliphatic carbocycles. The average Bonchev–Trinajstić information content (AvgIpc) is 2.39. The molecule has 0 atom stereocenters. The summed E-state index contributed by atoms with van der Waals surface area (Å²) in [4.78, 5) is 16.3. The van der Waals surface area contributed by atoms with Crippen LogP contribution < -0.4 is 0 Å². The quantitative estimate of drug-likeness (QED) is 0.759. The van der Waals surface area contributed by atoms with Crippen LogP contribution in [0.1, 0.15) is 46.0 Å². The molecule has 2 aliphatic heterocycles. The van der Waals surface area contributed by atoms with Gasteiger partial charge in [0.1, 0.15) is 0 Å². The van der Waals surface area contributed by atoms with E-state index in [1.165, 1.54) is 32.4 Å². The average molecular weight is 254 g/mol. The van der Waals surface area contributed by atoms with Crippen molar-refractivity contribution in [3.8, 4) is 0 Å². The number of carbonyl (C=O) groups is 1. The van der Waals surface area contributed by atoms with E-state index >= 15 is 0 Å². The molecule has 2 aliphatic rings. The highest BCUT2D eigenvalue weighted by Crippen LogP contribution is 2.21. The van der Waals surface area contributed by atoms with Gasteiger partial charge < -0.3 is 14.5 Å². The minimum Gasteiger partial charge on any atom is -0.447 e. The lowest BCUT2D eigenvalue weighted by Crippen LogP contribution is -2.48. The molecule has 0 aromatic rings. The number of hydrogen-bond donors (Lipinski definition) is 0. The summed E-state index contributed by atoms with van der Waals surface area (Å²) in [7, 11) is 0. The molecular formula is C14H26N2O2. The lowest BCUT2D eigenvalue weighted by atomic mass is 10.0. The second-order valence-corrected chi connectivity index (χ2v) is 5.75. The standard InChI is InChI=1S/C14H26N2O2/c1-12(2)18-14(17)16-10-6-13(7-11-16)15-8-4-3-5-9-15/h12-13H,3-11H2,1-2H3. The highest BCUT2D eigenvalue weighted by atomic mass is 16.6. The van der Waals surface area contributed by atoms with E-state index in [9.17, 15) is 4.79 Å². The molecule has 2 saturated heterocycles. The van der Waals surface area contributed by atoms with Gasteiger partial charge in [-0.3, -0.25) is 0 Å². The van der Waals surface area contributed by atoms with Crippen LogP contribution in [-0.2, 0) is 4.74 Å². The summed E-state index contributed by atoms with van der Waals surface area (Å²) in [6, 6.07) is 0.688. The normalized spacial score (nSPS) is 23.4. The first-order chi connectivity index (χ1) is 8.66. The third-order valence-electron chi connectivity index (χ3n) is 3.97. The Morgan fingerprint density at radius 1 is 1.06 bits per heavy atom. The minimum absolute atomic E-state index is 0.0164. The molecule has 1 amide bonds. The fraction of sp³-hybridized carbons (Fsp3) is 0.929. The summed E-state index contributed by atoms with van der Waals surface area (Å²) < 4.78 is 5.24. The monoisotopic (exact) mass is 254 g/mol. The molecule has 0 N–H and O–H groups in total. The molecule has 104 valence electrons. The van der Waals surface area contributed by atoms with Crippen LogP contribution in [-0.4, -0.2) is 54.2 Å². The molecule has 4 heteroatoms. The molecule has 0 spiro atoms. The van der Waals surface area contributed by atoms with Crippen molar-refractivity contribution in [2.75, 3.05) is 26.2 Å². The summed E-state index contributed by atoms with van der Waals surface area (Å²) in [5, 5.41) is 0. The van der Waals surface area contributed by atoms with E-state index in [-0.39, 0.29) is 12.2 Å². The van der Waals surface area contributed by atoms with E-state index in [4.69, 9.17) is 4.74 Å². The second kappa shape index (κ2) is 6.41. The van der Waals surface area contributed by atoms with Gasteiger partial charge >= 0.3 is 6.09 Å². The van der Waals surface area contributed by atoms with Crippen LogP contribution in [0.5, 0.6) is 0 Å². The zero-order valence-electron chi connectivity index (χ0n) is 11.7. The largest absolute Gasteiger partial charge is 0.447 e. The van der Waals surface area contributed by atoms with Gasteiger partial charge in [-0.25, -0.2) is 4.79 Å². The van der Waals surface area contributed by atoms with Gasteiger partial charge in [0.25, 0.3) is 0 Å². The number of carbonyl (C=O) groups excluding carboxylic acids is 1. The van der Waals surface area contributed by atoms with Gasteiger partial charge in [0, 0.05) is 19.1 Å². The van der Waals surface area contributed by atoms with Crippen molar-refractivity contribution in [1.82, 2.24) is 9.80 Å². The van der Waals surface area contributed by atoms with Crippen LogP contribution in [0.25, 0.3) is 0 Å². The lowest BCUT2D eigenvalue weighted by Gasteiger charge is -2.39. The molecule has 0 saturated carbocycles. The van der Waals surface area contributed by atoms with E-state index in [0.717, 1.165) is 25.9 Å². The third kappa shape index (κ3) is 3.61. The first-order valence-electron chi connectivity index (χ1n) is 7.36. The molecule has 0 radical (unpaired) electrons. The Morgan fingerprint density at radius 3 is 2.22 bits per heavy atom. The molecule has 2 rings (SSSR count). The molecule has 4 nitrogen and oxygen atoms in total. The predicted octanol–water partition coefficient (Wildman–Crippen LogP) is 2.48. The van der Waals surface area contributed by atoms with E-state index in [1.807, 2.05) is 18.7 Å². The van der Waals surface area contributed by atoms with Crippen molar-refractivity contribution in [2.24, 2.45) is 0 Å². The van der Waals surface area contributed by atoms with Crippen molar-refractivity contribution in [3.05, 3.63) is 0 Å². The van der Waals surface area contributed by atoms with Crippen LogP contribution in [0, 0.1) is 0 Å². The topological polar surface area (TPSA) is 32.8 Å². The predicted molar refractivity (Wildman–Crippen MR) is 71.6 cm³/mol. The Morgan fingerprint density at radius 2 is 1.67 bits per heavy atom. The highest BCUT2D eigenvalue weighted by Gasteiger charge is 2.28. The molecule has 18 heavy (non-hydrogen) atoms. The van der Waals surface area contributed by atoms with Crippen molar-refractivity contribution in [1.29, 1.82) is 0 Å². The van der Waals surface area contributed by atoms with Gasteiger partial charge in [-0.2, -0.15) is 0 Å². The summed E-state index contributed by atoms with van der Waals surface area (Å²) in [5.74, 6) is 0. The highest BCUT2D eigenvalue weighted by molar-refractivity contribution is 5.67. The van der Waals surface area contributed by atoms with Crippen molar-refractivity contribution < 1.29 is 9.53 Å². The maximum absolute atomic E-state index is 11.8. The van der Waals surface area contributed by atoms with Gasteiger partial charge in [0.15, 0.2) is 0 Å². The number of nitrogens with zero attached hydrogens (tertiary/aromatic N) is 2. The zero-order valence-corrected chi connectivity index (χ0v) is 11.7. The fourth-order valence-corrected chi connectivity index (χ4v) is 2.97. The van der Waals surface area contributed by atoms with E-state index in [0.29, 0.717) is 6.04 Å². The SMILES string of the molecule is CC(C)OC(=O)N1CCC(N2CCCCC2)CC1. The molecule has 0 aromatic heterocycles. The maximum atomic E-state index is 11.8. The van der Waals surface area contributed by atoms with Gasteiger partial charge in [-0.05, 0) is 52.6 Å². The number of piperidine rings is 2. The smallest absolute Gasteiger partial charge is 0.410 e. The first kappa shape index (κ1) is 13.7. The summed E-state index contributed by atoms with van der Waals surface area (Å²) >= 11 is 0. The van der Waals surface area contributed by atoms with Crippen LogP contribution in [0.3, 0.4) is 0 Å². The van der Waals surface area contributed by atoms with Gasteiger partial charge in [-0.1, -0.05) is 6.42 Å². The number of amides is 1. The summed E-state index contributed by atoms with van der Waals surface area (Å²) in [6.07, 6.45) is 6.13. The molecular weight excluding hydrogens is 228 g/mol. The Balaban J connectivity index is 1.75. The van der Waals surface area contributed by atoms with Crippen molar-refractivity contribution in [2.45, 2.75) is 58.1 Å². The van der Waals surface area contributed by atoms with Crippen molar-refractivity contribution in [3.63, 3.8) is 0 Å². The summed E-state index contributed by atoms with van der Waals surface area (Å²) in [6.45, 7) is 8.01. The van der Waals surface area contributed by atoms with Crippen LogP contribution >= 0.6 is 0 Å². The molecule has 0 bridgehead atoms. The Bertz CT molecular complexity index is 267. The molecule has 0 unspecified atom stereocenters. The molecule has 2 fully saturated rings. The lowest BCUT2D eigenvalue weighted by molar-refractivity contribution is 0.0514. The fourth-order valence-electron chi connectivity index (χ4n) is 2.97. The van der Waals surface area contributed by atoms with Gasteiger partial charge in [0.05, 0.1) is 6.10 Å². The van der Waals surface area contributed by atoms with Crippen LogP contribution in [0.4, 0.5) is 4.79 Å². The molecule has 2 heterocycles. The zero-order chi connectivity index (χ0) is 13.0. The number of likely N-dealkylation sites (tertiary alicyclic amines) is 2. The first-order valence-corrected chi connectivity index (χ1v) is 7.36. The summed E-state index contributed by atoms with van der Waals surface area (Å²) in [5.41, 5.74) is 0. The van der Waals surface area contributed by atoms with Crippen LogP contribution in [0.2, 0.25) is 0 Å². The Kier molecular flexibility index (Phi) is 4.87. The number of rotatable bonds is 2. The Hall–Kier alpha value is -0.770. The van der Waals surface area contributed by atoms with Gasteiger partial charge in [-0.15, -0.1) is 0 Å². The number of hydrogen-bond acceptors (Lipinski definition) is 3.